The summed E-state index contributed by atoms with van der Waals surface area (Å²) in [7, 11) is 0. The smallest absolute Gasteiger partial charge is 0.263 e. The zero-order chi connectivity index (χ0) is 9.97. The highest BCUT2D eigenvalue weighted by atomic mass is 16.5. The van der Waals surface area contributed by atoms with Crippen LogP contribution in [0, 0.1) is 6.92 Å². The molecule has 74 valence electrons. The van der Waals surface area contributed by atoms with Gasteiger partial charge in [-0.15, -0.1) is 0 Å². The van der Waals surface area contributed by atoms with Gasteiger partial charge in [0.1, 0.15) is 11.3 Å². The lowest BCUT2D eigenvalue weighted by atomic mass is 10.3. The molecule has 2 heterocycles. The summed E-state index contributed by atoms with van der Waals surface area (Å²) >= 11 is 0. The molecule has 6 nitrogen and oxygen atoms in total. The Morgan fingerprint density at radius 3 is 2.93 bits per heavy atom. The first-order valence-corrected chi connectivity index (χ1v) is 4.16. The number of hydrogen-bond donors (Lipinski definition) is 1. The van der Waals surface area contributed by atoms with Crippen LogP contribution in [0.1, 0.15) is 11.6 Å². The minimum Gasteiger partial charge on any atom is -0.396 e. The molecule has 0 amide bonds. The third-order valence-corrected chi connectivity index (χ3v) is 1.78. The molecule has 0 aliphatic heterocycles. The van der Waals surface area contributed by atoms with Gasteiger partial charge in [0, 0.05) is 6.42 Å². The Bertz CT molecular complexity index is 421. The van der Waals surface area contributed by atoms with E-state index in [1.807, 2.05) is 0 Å². The average Bonchev–Trinajstić information content (AvgIpc) is 2.74. The fourth-order valence-electron chi connectivity index (χ4n) is 1.07. The van der Waals surface area contributed by atoms with Crippen LogP contribution in [0.4, 0.5) is 0 Å². The van der Waals surface area contributed by atoms with Gasteiger partial charge in [0.25, 0.3) is 5.89 Å². The zero-order valence-corrected chi connectivity index (χ0v) is 7.60. The van der Waals surface area contributed by atoms with Crippen molar-refractivity contribution in [1.82, 2.24) is 15.3 Å². The monoisotopic (exact) mass is 195 g/mol. The normalized spacial score (nSPS) is 10.7. The van der Waals surface area contributed by atoms with Crippen molar-refractivity contribution in [2.75, 3.05) is 6.61 Å². The van der Waals surface area contributed by atoms with E-state index in [0.29, 0.717) is 29.5 Å². The fraction of sp³-hybridized carbons (Fsp3) is 0.375. The van der Waals surface area contributed by atoms with E-state index < -0.39 is 0 Å². The van der Waals surface area contributed by atoms with Crippen LogP contribution < -0.4 is 0 Å². The highest BCUT2D eigenvalue weighted by molar-refractivity contribution is 5.53. The number of aliphatic hydroxyl groups is 1. The third-order valence-electron chi connectivity index (χ3n) is 1.78. The van der Waals surface area contributed by atoms with Gasteiger partial charge in [-0.1, -0.05) is 10.3 Å². The summed E-state index contributed by atoms with van der Waals surface area (Å²) in [4.78, 5) is 4.07. The molecule has 14 heavy (non-hydrogen) atoms. The predicted molar refractivity (Wildman–Crippen MR) is 45.3 cm³/mol. The molecule has 0 aliphatic carbocycles. The van der Waals surface area contributed by atoms with Gasteiger partial charge in [0.2, 0.25) is 0 Å². The predicted octanol–water partition coefficient (Wildman–Crippen LogP) is 0.568. The molecule has 2 aromatic heterocycles. The summed E-state index contributed by atoms with van der Waals surface area (Å²) < 4.78 is 9.83. The first kappa shape index (κ1) is 8.89. The highest BCUT2D eigenvalue weighted by Gasteiger charge is 2.13. The maximum Gasteiger partial charge on any atom is 0.263 e. The Labute approximate surface area is 79.5 Å². The minimum atomic E-state index is 0.00158. The van der Waals surface area contributed by atoms with Crippen molar-refractivity contribution in [3.05, 3.63) is 17.8 Å². The van der Waals surface area contributed by atoms with Crippen molar-refractivity contribution >= 4 is 0 Å². The second kappa shape index (κ2) is 3.59. The molecule has 0 atom stereocenters. The molecule has 6 heteroatoms. The van der Waals surface area contributed by atoms with Crippen molar-refractivity contribution in [3.8, 4) is 11.5 Å². The number of aromatic nitrogens is 3. The summed E-state index contributed by atoms with van der Waals surface area (Å²) in [5, 5.41) is 16.0. The third kappa shape index (κ3) is 1.51. The summed E-state index contributed by atoms with van der Waals surface area (Å²) in [6.45, 7) is 1.76. The zero-order valence-electron chi connectivity index (χ0n) is 7.60. The van der Waals surface area contributed by atoms with E-state index in [4.69, 9.17) is 14.2 Å². The Morgan fingerprint density at radius 2 is 2.29 bits per heavy atom. The summed E-state index contributed by atoms with van der Waals surface area (Å²) in [6.07, 6.45) is 1.90. The summed E-state index contributed by atoms with van der Waals surface area (Å²) in [5.41, 5.74) is 0.682. The van der Waals surface area contributed by atoms with Gasteiger partial charge < -0.3 is 14.2 Å². The number of nitrogens with zero attached hydrogens (tertiary/aromatic N) is 3. The molecule has 0 fully saturated rings. The van der Waals surface area contributed by atoms with E-state index in [0.717, 1.165) is 0 Å². The van der Waals surface area contributed by atoms with Crippen LogP contribution in [0.5, 0.6) is 0 Å². The molecule has 0 bridgehead atoms. The number of rotatable bonds is 3. The van der Waals surface area contributed by atoms with Crippen molar-refractivity contribution in [2.24, 2.45) is 0 Å². The van der Waals surface area contributed by atoms with Crippen LogP contribution in [0.15, 0.2) is 15.2 Å². The quantitative estimate of drug-likeness (QED) is 0.770. The molecule has 0 spiro atoms. The maximum atomic E-state index is 8.66. The highest BCUT2D eigenvalue weighted by Crippen LogP contribution is 2.20. The van der Waals surface area contributed by atoms with E-state index in [-0.39, 0.29) is 6.61 Å². The first-order valence-electron chi connectivity index (χ1n) is 4.16. The Hall–Kier alpha value is -1.69. The summed E-state index contributed by atoms with van der Waals surface area (Å²) in [6, 6.07) is 0. The lowest BCUT2D eigenvalue weighted by Crippen LogP contribution is -1.92. The van der Waals surface area contributed by atoms with Crippen molar-refractivity contribution in [1.29, 1.82) is 0 Å². The maximum absolute atomic E-state index is 8.66. The lowest BCUT2D eigenvalue weighted by molar-refractivity contribution is 0.293. The second-order valence-corrected chi connectivity index (χ2v) is 2.79. The van der Waals surface area contributed by atoms with Crippen LogP contribution >= 0.6 is 0 Å². The minimum absolute atomic E-state index is 0.00158. The molecular formula is C8H9N3O3. The molecular weight excluding hydrogens is 186 g/mol. The SMILES string of the molecule is Cc1oncc1-c1nc(CCO)no1. The van der Waals surface area contributed by atoms with E-state index in [1.54, 1.807) is 6.92 Å². The number of aliphatic hydroxyl groups excluding tert-OH is 1. The number of hydrogen-bond acceptors (Lipinski definition) is 6. The molecule has 0 saturated heterocycles. The molecule has 2 aromatic rings. The van der Waals surface area contributed by atoms with Gasteiger partial charge in [-0.25, -0.2) is 0 Å². The second-order valence-electron chi connectivity index (χ2n) is 2.79. The van der Waals surface area contributed by atoms with Gasteiger partial charge in [0.05, 0.1) is 12.8 Å². The molecule has 2 rings (SSSR count). The van der Waals surface area contributed by atoms with E-state index >= 15 is 0 Å². The average molecular weight is 195 g/mol. The van der Waals surface area contributed by atoms with Crippen LogP contribution in [0.3, 0.4) is 0 Å². The van der Waals surface area contributed by atoms with Gasteiger partial charge in [-0.3, -0.25) is 0 Å². The molecule has 0 saturated carbocycles. The van der Waals surface area contributed by atoms with Crippen LogP contribution in [-0.2, 0) is 6.42 Å². The Morgan fingerprint density at radius 1 is 1.43 bits per heavy atom. The van der Waals surface area contributed by atoms with Crippen LogP contribution in [0.25, 0.3) is 11.5 Å². The van der Waals surface area contributed by atoms with Crippen molar-refractivity contribution in [2.45, 2.75) is 13.3 Å². The Kier molecular flexibility index (Phi) is 2.28. The first-order chi connectivity index (χ1) is 6.81. The molecule has 0 aliphatic rings. The van der Waals surface area contributed by atoms with Gasteiger partial charge >= 0.3 is 0 Å². The largest absolute Gasteiger partial charge is 0.396 e. The molecule has 0 unspecified atom stereocenters. The molecule has 0 aromatic carbocycles. The Balaban J connectivity index is 2.29. The standard InChI is InChI=1S/C8H9N3O3/c1-5-6(4-9-13-5)8-10-7(2-3-12)11-14-8/h4,12H,2-3H2,1H3. The number of aryl methyl sites for hydroxylation is 1. The van der Waals surface area contributed by atoms with Gasteiger partial charge in [-0.05, 0) is 6.92 Å². The van der Waals surface area contributed by atoms with E-state index in [1.165, 1.54) is 6.20 Å². The van der Waals surface area contributed by atoms with Crippen LogP contribution in [0.2, 0.25) is 0 Å². The van der Waals surface area contributed by atoms with Crippen molar-refractivity contribution in [3.63, 3.8) is 0 Å². The van der Waals surface area contributed by atoms with Crippen LogP contribution in [-0.4, -0.2) is 27.0 Å². The topological polar surface area (TPSA) is 85.2 Å². The van der Waals surface area contributed by atoms with Gasteiger partial charge in [0.15, 0.2) is 5.82 Å². The van der Waals surface area contributed by atoms with E-state index in [9.17, 15) is 0 Å². The lowest BCUT2D eigenvalue weighted by Gasteiger charge is -1.85. The molecule has 1 N–H and O–H groups in total. The molecule has 0 radical (unpaired) electrons. The fourth-order valence-corrected chi connectivity index (χ4v) is 1.07. The summed E-state index contributed by atoms with van der Waals surface area (Å²) in [5.74, 6) is 1.47. The van der Waals surface area contributed by atoms with Crippen molar-refractivity contribution < 1.29 is 14.2 Å². The van der Waals surface area contributed by atoms with Gasteiger partial charge in [-0.2, -0.15) is 4.98 Å². The van der Waals surface area contributed by atoms with E-state index in [2.05, 4.69) is 15.3 Å².